The van der Waals surface area contributed by atoms with E-state index in [9.17, 15) is 13.2 Å². The summed E-state index contributed by atoms with van der Waals surface area (Å²) >= 11 is 1.11. The summed E-state index contributed by atoms with van der Waals surface area (Å²) in [4.78, 5) is 25.4. The molecule has 1 aromatic carbocycles. The molecule has 32 heavy (non-hydrogen) atoms. The van der Waals surface area contributed by atoms with Gasteiger partial charge in [0, 0.05) is 23.7 Å². The second-order valence-electron chi connectivity index (χ2n) is 7.05. The SMILES string of the molecule is COc1cncc(-c2ccc(NC(=O)[C@@H](OC)c3csc(NS(=O)(=O)C4CC4)n3)cc2)n1. The number of anilines is 2. The average Bonchev–Trinajstić information content (AvgIpc) is 3.57. The molecule has 2 heterocycles. The van der Waals surface area contributed by atoms with Crippen LogP contribution in [0.4, 0.5) is 10.8 Å². The normalized spacial score (nSPS) is 14.6. The molecule has 0 saturated heterocycles. The monoisotopic (exact) mass is 475 g/mol. The first kappa shape index (κ1) is 22.1. The van der Waals surface area contributed by atoms with Gasteiger partial charge in [0.2, 0.25) is 15.9 Å². The summed E-state index contributed by atoms with van der Waals surface area (Å²) in [6.45, 7) is 0. The number of nitrogens with one attached hydrogen (secondary N) is 2. The number of nitrogens with zero attached hydrogens (tertiary/aromatic N) is 3. The Kier molecular flexibility index (Phi) is 6.35. The lowest BCUT2D eigenvalue weighted by Crippen LogP contribution is -2.23. The topological polar surface area (TPSA) is 132 Å². The lowest BCUT2D eigenvalue weighted by Gasteiger charge is -2.13. The first-order valence-corrected chi connectivity index (χ1v) is 12.1. The van der Waals surface area contributed by atoms with Gasteiger partial charge in [0.15, 0.2) is 11.2 Å². The van der Waals surface area contributed by atoms with E-state index in [4.69, 9.17) is 9.47 Å². The Hall–Kier alpha value is -3.09. The zero-order valence-electron chi connectivity index (χ0n) is 17.3. The molecule has 1 aliphatic carbocycles. The van der Waals surface area contributed by atoms with Crippen LogP contribution in [0, 0.1) is 0 Å². The second-order valence-corrected chi connectivity index (χ2v) is 9.87. The van der Waals surface area contributed by atoms with Crippen molar-refractivity contribution in [3.8, 4) is 17.1 Å². The van der Waals surface area contributed by atoms with Crippen LogP contribution < -0.4 is 14.8 Å². The first-order valence-electron chi connectivity index (χ1n) is 9.67. The number of benzene rings is 1. The van der Waals surface area contributed by atoms with Crippen molar-refractivity contribution in [2.75, 3.05) is 24.3 Å². The van der Waals surface area contributed by atoms with E-state index in [1.807, 2.05) is 0 Å². The Labute approximate surface area is 189 Å². The summed E-state index contributed by atoms with van der Waals surface area (Å²) in [6.07, 6.45) is 3.45. The lowest BCUT2D eigenvalue weighted by atomic mass is 10.1. The summed E-state index contributed by atoms with van der Waals surface area (Å²) in [5, 5.41) is 4.23. The van der Waals surface area contributed by atoms with Gasteiger partial charge in [0.1, 0.15) is 0 Å². The Morgan fingerprint density at radius 3 is 2.56 bits per heavy atom. The molecule has 0 spiro atoms. The molecule has 168 valence electrons. The fraction of sp³-hybridized carbons (Fsp3) is 0.300. The summed E-state index contributed by atoms with van der Waals surface area (Å²) < 4.78 is 37.0. The molecule has 4 rings (SSSR count). The third-order valence-corrected chi connectivity index (χ3v) is 7.46. The van der Waals surface area contributed by atoms with Crippen LogP contribution in [0.2, 0.25) is 0 Å². The van der Waals surface area contributed by atoms with Crippen molar-refractivity contribution in [2.45, 2.75) is 24.2 Å². The van der Waals surface area contributed by atoms with Gasteiger partial charge < -0.3 is 14.8 Å². The number of carbonyl (C=O) groups excluding carboxylic acids is 1. The molecule has 1 fully saturated rings. The zero-order chi connectivity index (χ0) is 22.7. The maximum Gasteiger partial charge on any atom is 0.259 e. The first-order chi connectivity index (χ1) is 15.4. The number of sulfonamides is 1. The highest BCUT2D eigenvalue weighted by Crippen LogP contribution is 2.31. The number of thiazole rings is 1. The van der Waals surface area contributed by atoms with Crippen LogP contribution >= 0.6 is 11.3 Å². The minimum atomic E-state index is -3.42. The van der Waals surface area contributed by atoms with Crippen molar-refractivity contribution in [1.29, 1.82) is 0 Å². The quantitative estimate of drug-likeness (QED) is 0.483. The highest BCUT2D eigenvalue weighted by molar-refractivity contribution is 7.93. The van der Waals surface area contributed by atoms with E-state index in [0.717, 1.165) is 16.9 Å². The number of aromatic nitrogens is 3. The molecule has 1 saturated carbocycles. The lowest BCUT2D eigenvalue weighted by molar-refractivity contribution is -0.126. The van der Waals surface area contributed by atoms with Gasteiger partial charge >= 0.3 is 0 Å². The summed E-state index contributed by atoms with van der Waals surface area (Å²) in [5.41, 5.74) is 2.33. The number of rotatable bonds is 9. The molecular formula is C20H21N5O5S2. The fourth-order valence-corrected chi connectivity index (χ4v) is 5.24. The van der Waals surface area contributed by atoms with Gasteiger partial charge in [-0.1, -0.05) is 12.1 Å². The van der Waals surface area contributed by atoms with E-state index in [1.165, 1.54) is 20.4 Å². The van der Waals surface area contributed by atoms with Crippen molar-refractivity contribution in [3.05, 3.63) is 47.7 Å². The Morgan fingerprint density at radius 2 is 1.91 bits per heavy atom. The van der Waals surface area contributed by atoms with Crippen LogP contribution in [-0.2, 0) is 19.6 Å². The Morgan fingerprint density at radius 1 is 1.16 bits per heavy atom. The second kappa shape index (κ2) is 9.18. The van der Waals surface area contributed by atoms with Gasteiger partial charge in [-0.2, -0.15) is 0 Å². The molecule has 2 N–H and O–H groups in total. The third kappa shape index (κ3) is 5.03. The number of carbonyl (C=O) groups is 1. The third-order valence-electron chi connectivity index (χ3n) is 4.73. The van der Waals surface area contributed by atoms with E-state index < -0.39 is 22.0 Å². The molecule has 3 aromatic rings. The van der Waals surface area contributed by atoms with Crippen LogP contribution in [0.3, 0.4) is 0 Å². The van der Waals surface area contributed by atoms with Gasteiger partial charge in [0.25, 0.3) is 5.91 Å². The summed E-state index contributed by atoms with van der Waals surface area (Å²) in [5.74, 6) is -0.0202. The van der Waals surface area contributed by atoms with E-state index in [-0.39, 0.29) is 10.4 Å². The van der Waals surface area contributed by atoms with Gasteiger partial charge in [-0.25, -0.2) is 18.4 Å². The Balaban J connectivity index is 1.43. The predicted octanol–water partition coefficient (Wildman–Crippen LogP) is 2.84. The van der Waals surface area contributed by atoms with Crippen LogP contribution in [0.5, 0.6) is 5.88 Å². The van der Waals surface area contributed by atoms with Crippen molar-refractivity contribution >= 4 is 38.1 Å². The highest BCUT2D eigenvalue weighted by atomic mass is 32.2. The van der Waals surface area contributed by atoms with E-state index >= 15 is 0 Å². The summed E-state index contributed by atoms with van der Waals surface area (Å²) in [7, 11) is -0.509. The molecule has 2 aromatic heterocycles. The van der Waals surface area contributed by atoms with Crippen molar-refractivity contribution < 1.29 is 22.7 Å². The molecule has 0 aliphatic heterocycles. The van der Waals surface area contributed by atoms with Gasteiger partial charge in [0.05, 0.1) is 36.1 Å². The van der Waals surface area contributed by atoms with Gasteiger partial charge in [-0.15, -0.1) is 11.3 Å². The maximum absolute atomic E-state index is 12.7. The maximum atomic E-state index is 12.7. The highest BCUT2D eigenvalue weighted by Gasteiger charge is 2.36. The molecule has 1 atom stereocenters. The van der Waals surface area contributed by atoms with Crippen molar-refractivity contribution in [3.63, 3.8) is 0 Å². The number of amides is 1. The minimum absolute atomic E-state index is 0.213. The number of methoxy groups -OCH3 is 2. The standard InChI is InChI=1S/C20H21N5O5S2/c1-29-17-10-21-9-15(23-17)12-3-5-13(6-4-12)22-19(26)18(30-2)16-11-31-20(24-16)25-32(27,28)14-7-8-14/h3-6,9-11,14,18H,7-8H2,1-2H3,(H,22,26)(H,24,25)/t18-/m0/s1. The molecule has 0 radical (unpaired) electrons. The Bertz CT molecular complexity index is 1210. The average molecular weight is 476 g/mol. The molecule has 10 nitrogen and oxygen atoms in total. The van der Waals surface area contributed by atoms with Crippen LogP contribution in [0.15, 0.2) is 42.0 Å². The van der Waals surface area contributed by atoms with E-state index in [2.05, 4.69) is 25.0 Å². The minimum Gasteiger partial charge on any atom is -0.480 e. The fourth-order valence-electron chi connectivity index (χ4n) is 2.92. The largest absolute Gasteiger partial charge is 0.480 e. The number of hydrogen-bond donors (Lipinski definition) is 2. The molecule has 0 bridgehead atoms. The van der Waals surface area contributed by atoms with E-state index in [0.29, 0.717) is 35.8 Å². The van der Waals surface area contributed by atoms with Gasteiger partial charge in [-0.3, -0.25) is 14.5 Å². The van der Waals surface area contributed by atoms with Crippen LogP contribution in [0.1, 0.15) is 24.6 Å². The molecule has 12 heteroatoms. The van der Waals surface area contributed by atoms with Crippen LogP contribution in [0.25, 0.3) is 11.3 Å². The zero-order valence-corrected chi connectivity index (χ0v) is 18.9. The van der Waals surface area contributed by atoms with Crippen molar-refractivity contribution in [1.82, 2.24) is 15.0 Å². The van der Waals surface area contributed by atoms with E-state index in [1.54, 1.807) is 35.8 Å². The van der Waals surface area contributed by atoms with Crippen molar-refractivity contribution in [2.24, 2.45) is 0 Å². The summed E-state index contributed by atoms with van der Waals surface area (Å²) in [6, 6.07) is 7.07. The van der Waals surface area contributed by atoms with Crippen LogP contribution in [-0.4, -0.2) is 48.7 Å². The number of ether oxygens (including phenoxy) is 2. The smallest absolute Gasteiger partial charge is 0.259 e. The number of hydrogen-bond acceptors (Lipinski definition) is 9. The molecular weight excluding hydrogens is 454 g/mol. The van der Waals surface area contributed by atoms with Gasteiger partial charge in [-0.05, 0) is 25.0 Å². The predicted molar refractivity (Wildman–Crippen MR) is 120 cm³/mol. The molecule has 1 aliphatic rings. The molecule has 0 unspecified atom stereocenters. The molecule has 1 amide bonds.